The predicted molar refractivity (Wildman–Crippen MR) is 67.9 cm³/mol. The van der Waals surface area contributed by atoms with Crippen molar-refractivity contribution in [2.45, 2.75) is 57.9 Å². The molecular weight excluding hydrogens is 214 g/mol. The number of imidazole rings is 1. The molecule has 17 heavy (non-hydrogen) atoms. The maximum absolute atomic E-state index is 6.05. The van der Waals surface area contributed by atoms with Crippen molar-refractivity contribution in [2.24, 2.45) is 0 Å². The summed E-state index contributed by atoms with van der Waals surface area (Å²) in [5.74, 6) is 0. The van der Waals surface area contributed by atoms with E-state index >= 15 is 0 Å². The molecule has 0 aromatic carbocycles. The molecule has 0 aliphatic carbocycles. The lowest BCUT2D eigenvalue weighted by Gasteiger charge is -2.27. The first kappa shape index (κ1) is 12.6. The zero-order chi connectivity index (χ0) is 12.5. The minimum absolute atomic E-state index is 0.0177. The van der Waals surface area contributed by atoms with Crippen LogP contribution in [-0.2, 0) is 11.3 Å². The fraction of sp³-hybridized carbons (Fsp3) is 0.769. The van der Waals surface area contributed by atoms with Crippen LogP contribution in [0.4, 0.5) is 0 Å². The molecule has 1 unspecified atom stereocenters. The van der Waals surface area contributed by atoms with Crippen LogP contribution in [-0.4, -0.2) is 33.3 Å². The summed E-state index contributed by atoms with van der Waals surface area (Å²) in [6.45, 7) is 10.5. The second-order valence-corrected chi connectivity index (χ2v) is 5.98. The van der Waals surface area contributed by atoms with E-state index in [1.54, 1.807) is 0 Å². The van der Waals surface area contributed by atoms with Gasteiger partial charge in [-0.15, -0.1) is 0 Å². The molecule has 1 saturated heterocycles. The first-order valence-electron chi connectivity index (χ1n) is 6.28. The van der Waals surface area contributed by atoms with E-state index in [4.69, 9.17) is 4.74 Å². The Morgan fingerprint density at radius 3 is 2.71 bits per heavy atom. The highest BCUT2D eigenvalue weighted by molar-refractivity contribution is 4.98. The van der Waals surface area contributed by atoms with Gasteiger partial charge in [-0.25, -0.2) is 4.98 Å². The van der Waals surface area contributed by atoms with Gasteiger partial charge in [0.15, 0.2) is 0 Å². The number of rotatable bonds is 4. The molecule has 4 heteroatoms. The molecule has 4 nitrogen and oxygen atoms in total. The Hall–Kier alpha value is -0.870. The molecule has 1 aromatic heterocycles. The third-order valence-electron chi connectivity index (χ3n) is 3.39. The first-order valence-corrected chi connectivity index (χ1v) is 6.28. The van der Waals surface area contributed by atoms with E-state index in [0.29, 0.717) is 6.04 Å². The van der Waals surface area contributed by atoms with Gasteiger partial charge in [0.2, 0.25) is 0 Å². The minimum atomic E-state index is -0.0849. The second kappa shape index (κ2) is 4.42. The number of hydrogen-bond acceptors (Lipinski definition) is 3. The molecule has 0 amide bonds. The van der Waals surface area contributed by atoms with E-state index in [2.05, 4.69) is 42.6 Å². The van der Waals surface area contributed by atoms with Crippen molar-refractivity contribution in [1.29, 1.82) is 0 Å². The quantitative estimate of drug-likeness (QED) is 0.868. The van der Waals surface area contributed by atoms with Crippen LogP contribution in [0.2, 0.25) is 0 Å². The summed E-state index contributed by atoms with van der Waals surface area (Å²) in [6.07, 6.45) is 6.71. The van der Waals surface area contributed by atoms with E-state index in [-0.39, 0.29) is 11.2 Å². The average molecular weight is 237 g/mol. The summed E-state index contributed by atoms with van der Waals surface area (Å²) in [4.78, 5) is 4.03. The molecular formula is C13H23N3O. The Morgan fingerprint density at radius 1 is 1.41 bits per heavy atom. The van der Waals surface area contributed by atoms with Crippen LogP contribution in [0.25, 0.3) is 0 Å². The Bertz CT molecular complexity index is 357. The monoisotopic (exact) mass is 237 g/mol. The molecule has 2 rings (SSSR count). The molecule has 1 fully saturated rings. The van der Waals surface area contributed by atoms with Crippen LogP contribution >= 0.6 is 0 Å². The molecule has 1 aliphatic heterocycles. The molecule has 2 heterocycles. The molecule has 96 valence electrons. The summed E-state index contributed by atoms with van der Waals surface area (Å²) in [5, 5.41) is 3.59. The highest BCUT2D eigenvalue weighted by atomic mass is 16.5. The van der Waals surface area contributed by atoms with Gasteiger partial charge in [-0.1, -0.05) is 0 Å². The Balaban J connectivity index is 1.83. The highest BCUT2D eigenvalue weighted by Gasteiger charge is 2.45. The second-order valence-electron chi connectivity index (χ2n) is 5.98. The summed E-state index contributed by atoms with van der Waals surface area (Å²) >= 11 is 0. The number of aromatic nitrogens is 2. The van der Waals surface area contributed by atoms with Gasteiger partial charge in [-0.3, -0.25) is 0 Å². The lowest BCUT2D eigenvalue weighted by molar-refractivity contribution is -0.0698. The van der Waals surface area contributed by atoms with E-state index in [9.17, 15) is 0 Å². The van der Waals surface area contributed by atoms with Crippen molar-refractivity contribution >= 4 is 0 Å². The number of nitrogens with one attached hydrogen (secondary N) is 1. The summed E-state index contributed by atoms with van der Waals surface area (Å²) in [7, 11) is 0. The third kappa shape index (κ3) is 3.07. The maximum atomic E-state index is 6.05. The number of ether oxygens (including phenoxy) is 1. The van der Waals surface area contributed by atoms with Crippen molar-refractivity contribution < 1.29 is 4.74 Å². The standard InChI is InChI=1S/C13H23N3O/c1-12(2)9-11(13(3,4)17-12)15-6-8-16-7-5-14-10-16/h5,7,10-11,15H,6,8-9H2,1-4H3. The zero-order valence-electron chi connectivity index (χ0n) is 11.2. The van der Waals surface area contributed by atoms with Gasteiger partial charge in [-0.05, 0) is 34.1 Å². The topological polar surface area (TPSA) is 39.1 Å². The van der Waals surface area contributed by atoms with Gasteiger partial charge >= 0.3 is 0 Å². The number of hydrogen-bond donors (Lipinski definition) is 1. The van der Waals surface area contributed by atoms with E-state index in [0.717, 1.165) is 19.5 Å². The largest absolute Gasteiger partial charge is 0.368 e. The SMILES string of the molecule is CC1(C)CC(NCCn2ccnc2)C(C)(C)O1. The lowest BCUT2D eigenvalue weighted by Crippen LogP contribution is -2.44. The van der Waals surface area contributed by atoms with Crippen LogP contribution in [0.15, 0.2) is 18.7 Å². The zero-order valence-corrected chi connectivity index (χ0v) is 11.2. The Morgan fingerprint density at radius 2 is 2.18 bits per heavy atom. The van der Waals surface area contributed by atoms with Crippen molar-refractivity contribution in [3.05, 3.63) is 18.7 Å². The maximum Gasteiger partial charge on any atom is 0.0946 e. The lowest BCUT2D eigenvalue weighted by atomic mass is 9.94. The van der Waals surface area contributed by atoms with E-state index in [1.165, 1.54) is 0 Å². The predicted octanol–water partition coefficient (Wildman–Crippen LogP) is 1.82. The fourth-order valence-corrected chi connectivity index (χ4v) is 2.67. The smallest absolute Gasteiger partial charge is 0.0946 e. The molecule has 0 bridgehead atoms. The van der Waals surface area contributed by atoms with Crippen LogP contribution in [0.1, 0.15) is 34.1 Å². The van der Waals surface area contributed by atoms with Gasteiger partial charge < -0.3 is 14.6 Å². The molecule has 1 aliphatic rings. The van der Waals surface area contributed by atoms with Gasteiger partial charge in [0, 0.05) is 31.5 Å². The highest BCUT2D eigenvalue weighted by Crippen LogP contribution is 2.37. The van der Waals surface area contributed by atoms with Crippen LogP contribution in [0.5, 0.6) is 0 Å². The van der Waals surface area contributed by atoms with Crippen molar-refractivity contribution in [2.75, 3.05) is 6.54 Å². The molecule has 1 aromatic rings. The van der Waals surface area contributed by atoms with E-state index in [1.807, 2.05) is 18.7 Å². The molecule has 1 N–H and O–H groups in total. The summed E-state index contributed by atoms with van der Waals surface area (Å²) < 4.78 is 8.14. The fourth-order valence-electron chi connectivity index (χ4n) is 2.67. The molecule has 0 radical (unpaired) electrons. The van der Waals surface area contributed by atoms with Crippen LogP contribution in [0, 0.1) is 0 Å². The average Bonchev–Trinajstić information content (AvgIpc) is 2.72. The number of nitrogens with zero attached hydrogens (tertiary/aromatic N) is 2. The first-order chi connectivity index (χ1) is 7.89. The van der Waals surface area contributed by atoms with Gasteiger partial charge in [0.25, 0.3) is 0 Å². The van der Waals surface area contributed by atoms with Crippen LogP contribution < -0.4 is 5.32 Å². The van der Waals surface area contributed by atoms with Gasteiger partial charge in [-0.2, -0.15) is 0 Å². The summed E-state index contributed by atoms with van der Waals surface area (Å²) in [5.41, 5.74) is -0.103. The van der Waals surface area contributed by atoms with Gasteiger partial charge in [0.05, 0.1) is 17.5 Å². The summed E-state index contributed by atoms with van der Waals surface area (Å²) in [6, 6.07) is 0.418. The van der Waals surface area contributed by atoms with E-state index < -0.39 is 0 Å². The molecule has 0 saturated carbocycles. The normalized spacial score (nSPS) is 26.2. The van der Waals surface area contributed by atoms with Crippen molar-refractivity contribution in [3.63, 3.8) is 0 Å². The van der Waals surface area contributed by atoms with Gasteiger partial charge in [0.1, 0.15) is 0 Å². The molecule has 1 atom stereocenters. The molecule has 0 spiro atoms. The van der Waals surface area contributed by atoms with Crippen LogP contribution in [0.3, 0.4) is 0 Å². The Kier molecular flexibility index (Phi) is 3.27. The minimum Gasteiger partial charge on any atom is -0.368 e. The van der Waals surface area contributed by atoms with Crippen molar-refractivity contribution in [1.82, 2.24) is 14.9 Å². The third-order valence-corrected chi connectivity index (χ3v) is 3.39. The Labute approximate surface area is 103 Å². The van der Waals surface area contributed by atoms with Crippen molar-refractivity contribution in [3.8, 4) is 0 Å².